The van der Waals surface area contributed by atoms with Gasteiger partial charge in [0.2, 0.25) is 5.91 Å². The lowest BCUT2D eigenvalue weighted by atomic mass is 10.1. The number of amides is 1. The summed E-state index contributed by atoms with van der Waals surface area (Å²) in [5.74, 6) is 1.08. The number of carbonyl (C=O) groups excluding carboxylic acids is 1. The van der Waals surface area contributed by atoms with Crippen LogP contribution >= 0.6 is 0 Å². The average Bonchev–Trinajstić information content (AvgIpc) is 3.47. The molecule has 136 valence electrons. The molecule has 1 saturated heterocycles. The first kappa shape index (κ1) is 16.7. The smallest absolute Gasteiger partial charge is 0.253 e. The second-order valence-electron chi connectivity index (χ2n) is 7.31. The summed E-state index contributed by atoms with van der Waals surface area (Å²) in [5, 5.41) is 2.91. The molecule has 1 aromatic heterocycles. The molecule has 0 atom stereocenters. The zero-order chi connectivity index (χ0) is 17.2. The fourth-order valence-corrected chi connectivity index (χ4v) is 3.78. The highest BCUT2D eigenvalue weighted by Gasteiger charge is 2.29. The number of fused-ring (bicyclic) bond motifs is 1. The Morgan fingerprint density at radius 1 is 1.24 bits per heavy atom. The molecular formula is C18H26N4O3. The number of nitrogens with zero attached hydrogens (tertiary/aromatic N) is 3. The summed E-state index contributed by atoms with van der Waals surface area (Å²) in [6.07, 6.45) is 5.00. The van der Waals surface area contributed by atoms with Gasteiger partial charge in [0.25, 0.3) is 5.56 Å². The first-order valence-electron chi connectivity index (χ1n) is 9.40. The molecule has 0 radical (unpaired) electrons. The van der Waals surface area contributed by atoms with Crippen molar-refractivity contribution in [2.24, 2.45) is 5.92 Å². The minimum atomic E-state index is -0.00509. The van der Waals surface area contributed by atoms with Gasteiger partial charge in [-0.2, -0.15) is 0 Å². The van der Waals surface area contributed by atoms with Crippen molar-refractivity contribution >= 4 is 5.91 Å². The van der Waals surface area contributed by atoms with Gasteiger partial charge >= 0.3 is 0 Å². The quantitative estimate of drug-likeness (QED) is 0.866. The molecule has 7 heteroatoms. The zero-order valence-corrected chi connectivity index (χ0v) is 14.6. The van der Waals surface area contributed by atoms with Crippen molar-refractivity contribution in [2.45, 2.75) is 57.8 Å². The largest absolute Gasteiger partial charge is 0.381 e. The van der Waals surface area contributed by atoms with E-state index in [-0.39, 0.29) is 17.4 Å². The van der Waals surface area contributed by atoms with E-state index < -0.39 is 0 Å². The summed E-state index contributed by atoms with van der Waals surface area (Å²) in [7, 11) is 0. The van der Waals surface area contributed by atoms with Gasteiger partial charge in [-0.15, -0.1) is 0 Å². The van der Waals surface area contributed by atoms with Crippen LogP contribution in [0.15, 0.2) is 10.9 Å². The predicted molar refractivity (Wildman–Crippen MR) is 91.9 cm³/mol. The van der Waals surface area contributed by atoms with Crippen LogP contribution in [-0.4, -0.2) is 46.2 Å². The van der Waals surface area contributed by atoms with Crippen molar-refractivity contribution in [3.05, 3.63) is 27.9 Å². The molecule has 0 spiro atoms. The van der Waals surface area contributed by atoms with Crippen LogP contribution in [0.1, 0.15) is 43.6 Å². The fraction of sp³-hybridized carbons (Fsp3) is 0.722. The van der Waals surface area contributed by atoms with Crippen molar-refractivity contribution in [3.8, 4) is 0 Å². The van der Waals surface area contributed by atoms with Gasteiger partial charge in [0, 0.05) is 44.3 Å². The Balaban J connectivity index is 1.49. The summed E-state index contributed by atoms with van der Waals surface area (Å²) in [6.45, 7) is 4.38. The zero-order valence-electron chi connectivity index (χ0n) is 14.6. The molecule has 3 aliphatic rings. The molecule has 1 aromatic rings. The molecule has 1 saturated carbocycles. The monoisotopic (exact) mass is 346 g/mol. The van der Waals surface area contributed by atoms with E-state index in [4.69, 9.17) is 9.72 Å². The minimum absolute atomic E-state index is 0.00509. The first-order valence-corrected chi connectivity index (χ1v) is 9.40. The third-order valence-electron chi connectivity index (χ3n) is 5.41. The summed E-state index contributed by atoms with van der Waals surface area (Å²) in [4.78, 5) is 31.5. The Hall–Kier alpha value is -1.73. The molecule has 2 fully saturated rings. The van der Waals surface area contributed by atoms with E-state index in [9.17, 15) is 9.59 Å². The van der Waals surface area contributed by atoms with Crippen LogP contribution in [0, 0.1) is 5.92 Å². The molecule has 0 unspecified atom stereocenters. The van der Waals surface area contributed by atoms with E-state index in [1.165, 1.54) is 0 Å². The standard InChI is InChI=1S/C18H26N4O3/c23-17-10-14(11-19-18(24)13-2-3-13)20-16-12-21(6-1-7-22(16)17)15-4-8-25-9-5-15/h10,13,15H,1-9,11-12H2,(H,19,24). The number of ether oxygens (including phenoxy) is 1. The third kappa shape index (κ3) is 3.93. The molecule has 7 nitrogen and oxygen atoms in total. The van der Waals surface area contributed by atoms with Crippen LogP contribution in [0.5, 0.6) is 0 Å². The van der Waals surface area contributed by atoms with Gasteiger partial charge in [0.15, 0.2) is 0 Å². The van der Waals surface area contributed by atoms with E-state index in [2.05, 4.69) is 10.2 Å². The molecular weight excluding hydrogens is 320 g/mol. The Labute approximate surface area is 147 Å². The van der Waals surface area contributed by atoms with Crippen LogP contribution in [-0.2, 0) is 29.2 Å². The third-order valence-corrected chi connectivity index (χ3v) is 5.41. The highest BCUT2D eigenvalue weighted by Crippen LogP contribution is 2.28. The Morgan fingerprint density at radius 3 is 2.80 bits per heavy atom. The summed E-state index contributed by atoms with van der Waals surface area (Å²) in [6, 6.07) is 2.08. The van der Waals surface area contributed by atoms with Gasteiger partial charge in [0.05, 0.1) is 18.8 Å². The predicted octanol–water partition coefficient (Wildman–Crippen LogP) is 0.654. The summed E-state index contributed by atoms with van der Waals surface area (Å²) >= 11 is 0. The van der Waals surface area contributed by atoms with Crippen LogP contribution in [0.3, 0.4) is 0 Å². The van der Waals surface area contributed by atoms with E-state index in [1.54, 1.807) is 10.6 Å². The first-order chi connectivity index (χ1) is 12.2. The van der Waals surface area contributed by atoms with Crippen molar-refractivity contribution in [2.75, 3.05) is 19.8 Å². The lowest BCUT2D eigenvalue weighted by Gasteiger charge is -2.33. The number of aromatic nitrogens is 2. The van der Waals surface area contributed by atoms with Crippen molar-refractivity contribution in [1.29, 1.82) is 0 Å². The summed E-state index contributed by atoms with van der Waals surface area (Å²) < 4.78 is 7.27. The molecule has 1 amide bonds. The van der Waals surface area contributed by atoms with Gasteiger partial charge in [-0.3, -0.25) is 19.1 Å². The maximum atomic E-state index is 12.5. The normalized spacial score (nSPS) is 22.2. The van der Waals surface area contributed by atoms with Crippen molar-refractivity contribution < 1.29 is 9.53 Å². The van der Waals surface area contributed by atoms with Crippen LogP contribution in [0.25, 0.3) is 0 Å². The maximum Gasteiger partial charge on any atom is 0.253 e. The van der Waals surface area contributed by atoms with Crippen molar-refractivity contribution in [1.82, 2.24) is 19.8 Å². The average molecular weight is 346 g/mol. The number of rotatable bonds is 4. The molecule has 1 aliphatic carbocycles. The SMILES string of the molecule is O=C(NCc1cc(=O)n2c(n1)CN(C1CCOCC1)CCC2)C1CC1. The van der Waals surface area contributed by atoms with Crippen LogP contribution < -0.4 is 10.9 Å². The van der Waals surface area contributed by atoms with Gasteiger partial charge < -0.3 is 10.1 Å². The molecule has 0 bridgehead atoms. The van der Waals surface area contributed by atoms with Gasteiger partial charge in [-0.25, -0.2) is 4.98 Å². The highest BCUT2D eigenvalue weighted by molar-refractivity contribution is 5.80. The van der Waals surface area contributed by atoms with Crippen LogP contribution in [0.4, 0.5) is 0 Å². The van der Waals surface area contributed by atoms with Crippen LogP contribution in [0.2, 0.25) is 0 Å². The Kier molecular flexibility index (Phi) is 4.85. The highest BCUT2D eigenvalue weighted by atomic mass is 16.5. The fourth-order valence-electron chi connectivity index (χ4n) is 3.78. The number of hydrogen-bond acceptors (Lipinski definition) is 5. The van der Waals surface area contributed by atoms with E-state index in [0.717, 1.165) is 64.2 Å². The number of nitrogens with one attached hydrogen (secondary N) is 1. The molecule has 2 aliphatic heterocycles. The molecule has 0 aromatic carbocycles. The second-order valence-corrected chi connectivity index (χ2v) is 7.31. The number of carbonyl (C=O) groups is 1. The Morgan fingerprint density at radius 2 is 2.04 bits per heavy atom. The van der Waals surface area contributed by atoms with E-state index >= 15 is 0 Å². The lowest BCUT2D eigenvalue weighted by molar-refractivity contribution is -0.122. The molecule has 25 heavy (non-hydrogen) atoms. The number of hydrogen-bond donors (Lipinski definition) is 1. The van der Waals surface area contributed by atoms with E-state index in [1.807, 2.05) is 0 Å². The van der Waals surface area contributed by atoms with Gasteiger partial charge in [0.1, 0.15) is 5.82 Å². The molecule has 4 rings (SSSR count). The Bertz CT molecular complexity index is 692. The molecule has 1 N–H and O–H groups in total. The van der Waals surface area contributed by atoms with E-state index in [0.29, 0.717) is 24.8 Å². The summed E-state index contributed by atoms with van der Waals surface area (Å²) in [5.41, 5.74) is 0.661. The topological polar surface area (TPSA) is 76.5 Å². The van der Waals surface area contributed by atoms with Crippen molar-refractivity contribution in [3.63, 3.8) is 0 Å². The van der Waals surface area contributed by atoms with Gasteiger partial charge in [-0.1, -0.05) is 0 Å². The lowest BCUT2D eigenvalue weighted by Crippen LogP contribution is -2.39. The second kappa shape index (κ2) is 7.25. The molecule has 3 heterocycles. The van der Waals surface area contributed by atoms with Gasteiger partial charge in [-0.05, 0) is 32.1 Å². The maximum absolute atomic E-state index is 12.5. The minimum Gasteiger partial charge on any atom is -0.381 e.